The van der Waals surface area contributed by atoms with E-state index in [1.165, 1.54) is 12.0 Å². The molecule has 1 amide bonds. The van der Waals surface area contributed by atoms with Crippen molar-refractivity contribution in [1.29, 1.82) is 0 Å². The number of carbonyl (C=O) groups excluding carboxylic acids is 1. The van der Waals surface area contributed by atoms with Crippen molar-refractivity contribution >= 4 is 5.91 Å². The first-order valence-corrected chi connectivity index (χ1v) is 7.53. The number of nitrogens with zero attached hydrogens (tertiary/aromatic N) is 3. The highest BCUT2D eigenvalue weighted by Gasteiger charge is 2.32. The molecule has 2 aromatic rings. The monoisotopic (exact) mass is 301 g/mol. The maximum Gasteiger partial charge on any atom is 0.254 e. The fourth-order valence-corrected chi connectivity index (χ4v) is 2.65. The maximum absolute atomic E-state index is 12.8. The Morgan fingerprint density at radius 1 is 1.36 bits per heavy atom. The number of aryl methyl sites for hydroxylation is 1. The minimum atomic E-state index is -0.296. The predicted molar refractivity (Wildman–Crippen MR) is 79.3 cm³/mol. The summed E-state index contributed by atoms with van der Waals surface area (Å²) >= 11 is 0. The quantitative estimate of drug-likeness (QED) is 0.866. The van der Waals surface area contributed by atoms with Crippen LogP contribution in [0.5, 0.6) is 0 Å². The van der Waals surface area contributed by atoms with Crippen molar-refractivity contribution in [3.8, 4) is 0 Å². The van der Waals surface area contributed by atoms with Crippen molar-refractivity contribution in [3.05, 3.63) is 47.6 Å². The highest BCUT2D eigenvalue weighted by atomic mass is 16.5. The molecule has 1 aliphatic rings. The molecular formula is C16H19N3O3. The van der Waals surface area contributed by atoms with Gasteiger partial charge in [0.2, 0.25) is 6.39 Å². The normalized spacial score (nSPS) is 18.4. The molecule has 0 unspecified atom stereocenters. The van der Waals surface area contributed by atoms with Crippen LogP contribution < -0.4 is 0 Å². The third kappa shape index (κ3) is 3.01. The molecule has 0 saturated carbocycles. The SMILES string of the molecule is CCCc1ccc(C(=O)N2CCOC[C@H]2c2ncon2)cc1. The molecule has 1 aromatic carbocycles. The number of rotatable bonds is 4. The molecule has 6 heteroatoms. The highest BCUT2D eigenvalue weighted by molar-refractivity contribution is 5.94. The van der Waals surface area contributed by atoms with Crippen LogP contribution in [0.3, 0.4) is 0 Å². The topological polar surface area (TPSA) is 68.5 Å². The van der Waals surface area contributed by atoms with Crippen LogP contribution in [0.25, 0.3) is 0 Å². The van der Waals surface area contributed by atoms with Gasteiger partial charge in [-0.05, 0) is 24.1 Å². The van der Waals surface area contributed by atoms with Crippen LogP contribution >= 0.6 is 0 Å². The van der Waals surface area contributed by atoms with Crippen molar-refractivity contribution in [2.75, 3.05) is 19.8 Å². The summed E-state index contributed by atoms with van der Waals surface area (Å²) in [5, 5.41) is 3.84. The first-order valence-electron chi connectivity index (χ1n) is 7.53. The Balaban J connectivity index is 1.79. The molecule has 0 radical (unpaired) electrons. The number of aromatic nitrogens is 2. The minimum absolute atomic E-state index is 0.0267. The molecule has 1 aromatic heterocycles. The third-order valence-electron chi connectivity index (χ3n) is 3.81. The van der Waals surface area contributed by atoms with E-state index in [2.05, 4.69) is 17.1 Å². The Bertz CT molecular complexity index is 610. The van der Waals surface area contributed by atoms with Gasteiger partial charge >= 0.3 is 0 Å². The van der Waals surface area contributed by atoms with Crippen molar-refractivity contribution < 1.29 is 14.1 Å². The lowest BCUT2D eigenvalue weighted by atomic mass is 10.1. The molecule has 0 N–H and O–H groups in total. The predicted octanol–water partition coefficient (Wildman–Crippen LogP) is 2.24. The van der Waals surface area contributed by atoms with Gasteiger partial charge in [-0.3, -0.25) is 4.79 Å². The van der Waals surface area contributed by atoms with Gasteiger partial charge in [-0.15, -0.1) is 0 Å². The molecule has 0 bridgehead atoms. The number of morpholine rings is 1. The van der Waals surface area contributed by atoms with Gasteiger partial charge in [-0.2, -0.15) is 4.98 Å². The minimum Gasteiger partial charge on any atom is -0.377 e. The van der Waals surface area contributed by atoms with E-state index in [0.717, 1.165) is 12.8 Å². The van der Waals surface area contributed by atoms with Crippen LogP contribution in [-0.2, 0) is 11.2 Å². The van der Waals surface area contributed by atoms with Gasteiger partial charge in [-0.1, -0.05) is 30.6 Å². The van der Waals surface area contributed by atoms with Crippen LogP contribution in [0.2, 0.25) is 0 Å². The molecule has 1 aliphatic heterocycles. The lowest BCUT2D eigenvalue weighted by molar-refractivity contribution is -0.00576. The van der Waals surface area contributed by atoms with Crippen LogP contribution in [0.1, 0.15) is 41.1 Å². The lowest BCUT2D eigenvalue weighted by Crippen LogP contribution is -2.43. The molecule has 1 atom stereocenters. The second-order valence-electron chi connectivity index (χ2n) is 5.33. The average molecular weight is 301 g/mol. The molecule has 1 fully saturated rings. The van der Waals surface area contributed by atoms with Gasteiger partial charge < -0.3 is 14.2 Å². The first-order chi connectivity index (χ1) is 10.8. The second-order valence-corrected chi connectivity index (χ2v) is 5.33. The molecular weight excluding hydrogens is 282 g/mol. The largest absolute Gasteiger partial charge is 0.377 e. The zero-order chi connectivity index (χ0) is 15.4. The molecule has 0 spiro atoms. The standard InChI is InChI=1S/C16H19N3O3/c1-2-3-12-4-6-13(7-5-12)16(20)19-8-9-21-10-14(19)15-17-11-22-18-15/h4-7,11,14H,2-3,8-10H2,1H3/t14-/m0/s1. The number of ether oxygens (including phenoxy) is 1. The molecule has 116 valence electrons. The number of benzene rings is 1. The van der Waals surface area contributed by atoms with E-state index >= 15 is 0 Å². The Morgan fingerprint density at radius 2 is 2.18 bits per heavy atom. The lowest BCUT2D eigenvalue weighted by Gasteiger charge is -2.33. The number of amides is 1. The van der Waals surface area contributed by atoms with E-state index < -0.39 is 0 Å². The molecule has 0 aliphatic carbocycles. The Morgan fingerprint density at radius 3 is 2.86 bits per heavy atom. The van der Waals surface area contributed by atoms with Gasteiger partial charge in [0.15, 0.2) is 5.82 Å². The fourth-order valence-electron chi connectivity index (χ4n) is 2.65. The Kier molecular flexibility index (Phi) is 4.48. The molecule has 3 rings (SSSR count). The van der Waals surface area contributed by atoms with Crippen LogP contribution in [0.15, 0.2) is 35.2 Å². The number of hydrogen-bond acceptors (Lipinski definition) is 5. The fraction of sp³-hybridized carbons (Fsp3) is 0.438. The van der Waals surface area contributed by atoms with E-state index in [-0.39, 0.29) is 11.9 Å². The summed E-state index contributed by atoms with van der Waals surface area (Å²) in [5.41, 5.74) is 1.92. The third-order valence-corrected chi connectivity index (χ3v) is 3.81. The van der Waals surface area contributed by atoms with E-state index in [9.17, 15) is 4.79 Å². The van der Waals surface area contributed by atoms with Crippen molar-refractivity contribution in [2.45, 2.75) is 25.8 Å². The summed E-state index contributed by atoms with van der Waals surface area (Å²) in [6, 6.07) is 7.50. The van der Waals surface area contributed by atoms with Gasteiger partial charge in [-0.25, -0.2) is 0 Å². The Hall–Kier alpha value is -2.21. The highest BCUT2D eigenvalue weighted by Crippen LogP contribution is 2.23. The molecule has 1 saturated heterocycles. The van der Waals surface area contributed by atoms with Crippen LogP contribution in [0.4, 0.5) is 0 Å². The number of hydrogen-bond donors (Lipinski definition) is 0. The van der Waals surface area contributed by atoms with Gasteiger partial charge in [0.25, 0.3) is 5.91 Å². The zero-order valence-electron chi connectivity index (χ0n) is 12.6. The second kappa shape index (κ2) is 6.70. The summed E-state index contributed by atoms with van der Waals surface area (Å²) < 4.78 is 10.2. The summed E-state index contributed by atoms with van der Waals surface area (Å²) in [7, 11) is 0. The summed E-state index contributed by atoms with van der Waals surface area (Å²) in [6.07, 6.45) is 3.39. The summed E-state index contributed by atoms with van der Waals surface area (Å²) in [5.74, 6) is 0.455. The van der Waals surface area contributed by atoms with E-state index in [1.807, 2.05) is 24.3 Å². The van der Waals surface area contributed by atoms with Crippen LogP contribution in [-0.4, -0.2) is 40.7 Å². The van der Waals surface area contributed by atoms with E-state index in [1.54, 1.807) is 4.90 Å². The molecule has 6 nitrogen and oxygen atoms in total. The van der Waals surface area contributed by atoms with Gasteiger partial charge in [0.1, 0.15) is 6.04 Å². The van der Waals surface area contributed by atoms with Crippen LogP contribution in [0, 0.1) is 0 Å². The van der Waals surface area contributed by atoms with Gasteiger partial charge in [0, 0.05) is 12.1 Å². The first kappa shape index (κ1) is 14.7. The summed E-state index contributed by atoms with van der Waals surface area (Å²) in [4.78, 5) is 18.6. The zero-order valence-corrected chi connectivity index (χ0v) is 12.6. The average Bonchev–Trinajstić information content (AvgIpc) is 3.10. The Labute approximate surface area is 129 Å². The summed E-state index contributed by atoms with van der Waals surface area (Å²) in [6.45, 7) is 3.57. The van der Waals surface area contributed by atoms with Crippen molar-refractivity contribution in [1.82, 2.24) is 15.0 Å². The van der Waals surface area contributed by atoms with E-state index in [4.69, 9.17) is 9.26 Å². The molecule has 2 heterocycles. The van der Waals surface area contributed by atoms with Gasteiger partial charge in [0.05, 0.1) is 13.2 Å². The maximum atomic E-state index is 12.8. The van der Waals surface area contributed by atoms with Crippen molar-refractivity contribution in [2.24, 2.45) is 0 Å². The van der Waals surface area contributed by atoms with E-state index in [0.29, 0.717) is 31.1 Å². The molecule has 22 heavy (non-hydrogen) atoms. The number of carbonyl (C=O) groups is 1. The van der Waals surface area contributed by atoms with Crippen molar-refractivity contribution in [3.63, 3.8) is 0 Å². The smallest absolute Gasteiger partial charge is 0.254 e.